The van der Waals surface area contributed by atoms with Crippen LogP contribution in [0.1, 0.15) is 21.5 Å². The van der Waals surface area contributed by atoms with Crippen molar-refractivity contribution in [2.24, 2.45) is 5.73 Å². The highest BCUT2D eigenvalue weighted by molar-refractivity contribution is 7.92. The van der Waals surface area contributed by atoms with Crippen LogP contribution in [0.2, 0.25) is 5.28 Å². The SMILES string of the molecule is Cc1ccc(S(=O)(=O)N2CCc3c(Nc4ccc(F)c(F)c4C(N)=O)nc(Cl)nc32)cc1. The highest BCUT2D eigenvalue weighted by Crippen LogP contribution is 2.37. The van der Waals surface area contributed by atoms with Crippen molar-refractivity contribution in [1.82, 2.24) is 9.97 Å². The van der Waals surface area contributed by atoms with Crippen LogP contribution in [-0.4, -0.2) is 30.8 Å². The van der Waals surface area contributed by atoms with Crippen LogP contribution in [0.4, 0.5) is 26.1 Å². The molecular weight excluding hydrogens is 464 g/mol. The second-order valence-corrected chi connectivity index (χ2v) is 9.26. The molecule has 2 aromatic carbocycles. The number of hydrogen-bond donors (Lipinski definition) is 2. The Morgan fingerprint density at radius 1 is 1.16 bits per heavy atom. The van der Waals surface area contributed by atoms with Crippen LogP contribution in [0.25, 0.3) is 0 Å². The van der Waals surface area contributed by atoms with E-state index in [0.29, 0.717) is 5.56 Å². The second kappa shape index (κ2) is 7.99. The van der Waals surface area contributed by atoms with Crippen LogP contribution >= 0.6 is 11.6 Å². The van der Waals surface area contributed by atoms with Crippen LogP contribution in [-0.2, 0) is 16.4 Å². The Balaban J connectivity index is 1.78. The molecule has 0 unspecified atom stereocenters. The summed E-state index contributed by atoms with van der Waals surface area (Å²) < 4.78 is 55.2. The number of nitrogens with zero attached hydrogens (tertiary/aromatic N) is 3. The molecule has 0 saturated carbocycles. The first-order valence-corrected chi connectivity index (χ1v) is 11.1. The van der Waals surface area contributed by atoms with Gasteiger partial charge in [0.15, 0.2) is 17.5 Å². The van der Waals surface area contributed by atoms with E-state index >= 15 is 0 Å². The normalized spacial score (nSPS) is 13.2. The lowest BCUT2D eigenvalue weighted by atomic mass is 10.1. The van der Waals surface area contributed by atoms with Gasteiger partial charge in [-0.1, -0.05) is 17.7 Å². The summed E-state index contributed by atoms with van der Waals surface area (Å²) in [6.45, 7) is 1.90. The van der Waals surface area contributed by atoms with Crippen molar-refractivity contribution in [3.8, 4) is 0 Å². The maximum Gasteiger partial charge on any atom is 0.265 e. The second-order valence-electron chi connectivity index (χ2n) is 7.06. The Bertz CT molecular complexity index is 1350. The van der Waals surface area contributed by atoms with E-state index in [2.05, 4.69) is 15.3 Å². The zero-order valence-electron chi connectivity index (χ0n) is 16.6. The number of aryl methyl sites for hydroxylation is 1. The Hall–Kier alpha value is -3.31. The van der Waals surface area contributed by atoms with E-state index in [1.165, 1.54) is 12.1 Å². The van der Waals surface area contributed by atoms with Gasteiger partial charge >= 0.3 is 0 Å². The number of benzene rings is 2. The lowest BCUT2D eigenvalue weighted by Crippen LogP contribution is -2.29. The average molecular weight is 480 g/mol. The predicted molar refractivity (Wildman–Crippen MR) is 115 cm³/mol. The first-order valence-electron chi connectivity index (χ1n) is 9.30. The molecule has 0 atom stereocenters. The Labute approximate surface area is 187 Å². The summed E-state index contributed by atoms with van der Waals surface area (Å²) in [6, 6.07) is 8.28. The van der Waals surface area contributed by atoms with Gasteiger partial charge in [0.05, 0.1) is 10.6 Å². The number of halogens is 3. The van der Waals surface area contributed by atoms with Crippen molar-refractivity contribution in [2.75, 3.05) is 16.2 Å². The van der Waals surface area contributed by atoms with Crippen molar-refractivity contribution in [3.05, 3.63) is 70.0 Å². The van der Waals surface area contributed by atoms with Gasteiger partial charge < -0.3 is 11.1 Å². The molecule has 0 saturated heterocycles. The molecule has 3 aromatic rings. The van der Waals surface area contributed by atoms with E-state index < -0.39 is 33.1 Å². The van der Waals surface area contributed by atoms with E-state index in [9.17, 15) is 22.0 Å². The van der Waals surface area contributed by atoms with Crippen LogP contribution in [0.15, 0.2) is 41.3 Å². The smallest absolute Gasteiger partial charge is 0.265 e. The van der Waals surface area contributed by atoms with E-state index in [0.717, 1.165) is 22.0 Å². The van der Waals surface area contributed by atoms with Crippen molar-refractivity contribution >= 4 is 44.9 Å². The summed E-state index contributed by atoms with van der Waals surface area (Å²) >= 11 is 6.03. The van der Waals surface area contributed by atoms with E-state index in [1.807, 2.05) is 6.92 Å². The zero-order chi connectivity index (χ0) is 23.2. The Morgan fingerprint density at radius 2 is 1.84 bits per heavy atom. The molecule has 1 aliphatic heterocycles. The van der Waals surface area contributed by atoms with Crippen molar-refractivity contribution in [1.29, 1.82) is 0 Å². The summed E-state index contributed by atoms with van der Waals surface area (Å²) in [5.41, 5.74) is 5.64. The summed E-state index contributed by atoms with van der Waals surface area (Å²) in [5.74, 6) is -3.75. The minimum atomic E-state index is -3.94. The van der Waals surface area contributed by atoms with Gasteiger partial charge in [-0.2, -0.15) is 4.98 Å². The number of sulfonamides is 1. The molecule has 1 aromatic heterocycles. The average Bonchev–Trinajstić information content (AvgIpc) is 3.15. The fourth-order valence-electron chi connectivity index (χ4n) is 3.40. The molecule has 0 spiro atoms. The molecule has 32 heavy (non-hydrogen) atoms. The first kappa shape index (κ1) is 21.9. The van der Waals surface area contributed by atoms with Crippen molar-refractivity contribution in [3.63, 3.8) is 0 Å². The van der Waals surface area contributed by atoms with Gasteiger partial charge in [-0.25, -0.2) is 26.5 Å². The summed E-state index contributed by atoms with van der Waals surface area (Å²) in [5, 5.41) is 2.44. The number of nitrogens with one attached hydrogen (secondary N) is 1. The molecule has 12 heteroatoms. The monoisotopic (exact) mass is 479 g/mol. The number of carbonyl (C=O) groups excluding carboxylic acids is 1. The maximum absolute atomic E-state index is 14.1. The molecule has 2 heterocycles. The fourth-order valence-corrected chi connectivity index (χ4v) is 5.01. The summed E-state index contributed by atoms with van der Waals surface area (Å²) in [7, 11) is -3.94. The zero-order valence-corrected chi connectivity index (χ0v) is 18.1. The lowest BCUT2D eigenvalue weighted by Gasteiger charge is -2.19. The van der Waals surface area contributed by atoms with Crippen LogP contribution < -0.4 is 15.4 Å². The quantitative estimate of drug-likeness (QED) is 0.542. The fraction of sp³-hybridized carbons (Fsp3) is 0.150. The number of nitrogens with two attached hydrogens (primary N) is 1. The summed E-state index contributed by atoms with van der Waals surface area (Å²) in [6.07, 6.45) is 0.218. The minimum absolute atomic E-state index is 0.0510. The van der Waals surface area contributed by atoms with Crippen LogP contribution in [0.5, 0.6) is 0 Å². The standard InChI is InChI=1S/C20H16ClF2N5O3S/c1-10-2-4-11(5-3-10)32(30,31)28-9-8-12-18(26-20(21)27-19(12)28)25-14-7-6-13(22)16(23)15(14)17(24)29/h2-7H,8-9H2,1H3,(H2,24,29)(H,25,26,27). The molecule has 0 fully saturated rings. The molecule has 166 valence electrons. The molecule has 1 aliphatic rings. The van der Waals surface area contributed by atoms with Gasteiger partial charge in [-0.15, -0.1) is 0 Å². The Morgan fingerprint density at radius 3 is 2.50 bits per heavy atom. The molecule has 8 nitrogen and oxygen atoms in total. The molecule has 0 aliphatic carbocycles. The predicted octanol–water partition coefficient (Wildman–Crippen LogP) is 3.31. The van der Waals surface area contributed by atoms with Crippen LogP contribution in [0, 0.1) is 18.6 Å². The third-order valence-electron chi connectivity index (χ3n) is 4.96. The maximum atomic E-state index is 14.1. The van der Waals surface area contributed by atoms with Gasteiger partial charge in [0, 0.05) is 12.1 Å². The molecule has 3 N–H and O–H groups in total. The van der Waals surface area contributed by atoms with Gasteiger partial charge in [0.25, 0.3) is 15.9 Å². The number of amides is 1. The molecular formula is C20H16ClF2N5O3S. The highest BCUT2D eigenvalue weighted by Gasteiger charge is 2.35. The number of aromatic nitrogens is 2. The third kappa shape index (κ3) is 3.73. The van der Waals surface area contributed by atoms with Crippen molar-refractivity contribution < 1.29 is 22.0 Å². The number of anilines is 3. The topological polar surface area (TPSA) is 118 Å². The first-order chi connectivity index (χ1) is 15.1. The number of primary amides is 1. The number of hydrogen-bond acceptors (Lipinski definition) is 6. The molecule has 0 radical (unpaired) electrons. The third-order valence-corrected chi connectivity index (χ3v) is 6.94. The van der Waals surface area contributed by atoms with Gasteiger partial charge in [-0.3, -0.25) is 4.79 Å². The van der Waals surface area contributed by atoms with Gasteiger partial charge in [0.2, 0.25) is 5.28 Å². The van der Waals surface area contributed by atoms with Crippen molar-refractivity contribution in [2.45, 2.75) is 18.2 Å². The number of rotatable bonds is 5. The molecule has 0 bridgehead atoms. The highest BCUT2D eigenvalue weighted by atomic mass is 35.5. The lowest BCUT2D eigenvalue weighted by molar-refractivity contribution is 0.0996. The molecule has 1 amide bonds. The van der Waals surface area contributed by atoms with E-state index in [1.54, 1.807) is 12.1 Å². The summed E-state index contributed by atoms with van der Waals surface area (Å²) in [4.78, 5) is 19.9. The van der Waals surface area contributed by atoms with Gasteiger partial charge in [-0.05, 0) is 49.2 Å². The van der Waals surface area contributed by atoms with Crippen LogP contribution in [0.3, 0.4) is 0 Å². The molecule has 4 rings (SSSR count). The Kier molecular flexibility index (Phi) is 5.47. The minimum Gasteiger partial charge on any atom is -0.365 e. The number of carbonyl (C=O) groups is 1. The largest absolute Gasteiger partial charge is 0.365 e. The van der Waals surface area contributed by atoms with E-state index in [4.69, 9.17) is 17.3 Å². The van der Waals surface area contributed by atoms with Gasteiger partial charge in [0.1, 0.15) is 11.4 Å². The number of fused-ring (bicyclic) bond motifs is 1. The van der Waals surface area contributed by atoms with E-state index in [-0.39, 0.29) is 40.5 Å².